The fourth-order valence-electron chi connectivity index (χ4n) is 4.51. The molecule has 1 saturated heterocycles. The van der Waals surface area contributed by atoms with E-state index in [9.17, 15) is 8.42 Å². The summed E-state index contributed by atoms with van der Waals surface area (Å²) in [6.45, 7) is 3.32. The van der Waals surface area contributed by atoms with Crippen LogP contribution in [0.25, 0.3) is 16.9 Å². The van der Waals surface area contributed by atoms with E-state index in [-0.39, 0.29) is 0 Å². The normalized spacial score (nSPS) is 15.5. The molecule has 1 fully saturated rings. The van der Waals surface area contributed by atoms with Gasteiger partial charge >= 0.3 is 0 Å². The predicted octanol–water partition coefficient (Wildman–Crippen LogP) is 5.88. The highest BCUT2D eigenvalue weighted by molar-refractivity contribution is 7.89. The summed E-state index contributed by atoms with van der Waals surface area (Å²) in [5.74, 6) is 2.10. The van der Waals surface area contributed by atoms with E-state index in [1.54, 1.807) is 30.7 Å². The molecule has 38 heavy (non-hydrogen) atoms. The Morgan fingerprint density at radius 3 is 2.00 bits per heavy atom. The van der Waals surface area contributed by atoms with Crippen LogP contribution in [-0.2, 0) is 10.0 Å². The third-order valence-electron chi connectivity index (χ3n) is 6.87. The number of benzene rings is 3. The summed E-state index contributed by atoms with van der Waals surface area (Å²) in [7, 11) is -0.230. The van der Waals surface area contributed by atoms with Crippen LogP contribution in [-0.4, -0.2) is 44.6 Å². The molecule has 9 heteroatoms. The highest BCUT2D eigenvalue weighted by atomic mass is 32.2. The maximum atomic E-state index is 13.2. The molecular weight excluding hydrogens is 518 g/mol. The Kier molecular flexibility index (Phi) is 7.69. The molecular formula is C29H31N3O4S2. The Balaban J connectivity index is 1.54. The van der Waals surface area contributed by atoms with E-state index in [0.29, 0.717) is 23.9 Å². The number of sulfonamides is 1. The van der Waals surface area contributed by atoms with Crippen LogP contribution in [0, 0.1) is 5.92 Å². The topological polar surface area (TPSA) is 73.1 Å². The second kappa shape index (κ2) is 11.1. The maximum Gasteiger partial charge on any atom is 0.243 e. The lowest BCUT2D eigenvalue weighted by Gasteiger charge is -2.29. The summed E-state index contributed by atoms with van der Waals surface area (Å²) < 4.78 is 40.8. The number of nitrogens with zero attached hydrogens (tertiary/aromatic N) is 3. The minimum absolute atomic E-state index is 0.324. The van der Waals surface area contributed by atoms with E-state index in [1.807, 2.05) is 66.0 Å². The van der Waals surface area contributed by atoms with Gasteiger partial charge in [-0.1, -0.05) is 19.1 Å². The van der Waals surface area contributed by atoms with Crippen molar-refractivity contribution >= 4 is 27.0 Å². The molecule has 3 aromatic carbocycles. The van der Waals surface area contributed by atoms with Crippen molar-refractivity contribution in [1.82, 2.24) is 8.87 Å². The molecule has 2 heterocycles. The van der Waals surface area contributed by atoms with E-state index in [4.69, 9.17) is 14.5 Å². The highest BCUT2D eigenvalue weighted by Crippen LogP contribution is 2.29. The number of rotatable bonds is 7. The van der Waals surface area contributed by atoms with Crippen molar-refractivity contribution < 1.29 is 17.9 Å². The van der Waals surface area contributed by atoms with Gasteiger partial charge in [0.25, 0.3) is 0 Å². The van der Waals surface area contributed by atoms with Crippen molar-refractivity contribution in [1.29, 1.82) is 0 Å². The molecule has 0 aliphatic carbocycles. The molecule has 0 saturated carbocycles. The molecule has 1 aliphatic rings. The molecule has 4 aromatic rings. The first kappa shape index (κ1) is 26.2. The Hall–Kier alpha value is -3.40. The summed E-state index contributed by atoms with van der Waals surface area (Å²) in [5.41, 5.74) is 3.55. The van der Waals surface area contributed by atoms with Crippen molar-refractivity contribution in [2.45, 2.75) is 24.7 Å². The fraction of sp³-hybridized carbons (Fsp3) is 0.276. The van der Waals surface area contributed by atoms with Gasteiger partial charge < -0.3 is 9.47 Å². The van der Waals surface area contributed by atoms with E-state index in [0.717, 1.165) is 51.8 Å². The van der Waals surface area contributed by atoms with Crippen molar-refractivity contribution in [2.24, 2.45) is 10.9 Å². The van der Waals surface area contributed by atoms with Gasteiger partial charge in [0, 0.05) is 24.2 Å². The van der Waals surface area contributed by atoms with Crippen LogP contribution < -0.4 is 14.3 Å². The van der Waals surface area contributed by atoms with Crippen molar-refractivity contribution in [3.8, 4) is 28.4 Å². The zero-order chi connectivity index (χ0) is 26.7. The first-order chi connectivity index (χ1) is 18.4. The van der Waals surface area contributed by atoms with Gasteiger partial charge in [-0.05, 0) is 85.0 Å². The van der Waals surface area contributed by atoms with Gasteiger partial charge in [0.1, 0.15) is 11.5 Å². The summed E-state index contributed by atoms with van der Waals surface area (Å²) in [4.78, 5) is 6.01. The third-order valence-corrected chi connectivity index (χ3v) is 9.61. The standard InChI is InChI=1S/C29H31N3O4S2/c1-21-16-18-31(19-17-21)38(33,34)27-14-4-22(5-15-27)28-20-37-29(30-23-6-10-25(35-2)11-7-23)32(28)24-8-12-26(36-3)13-9-24/h4-15,20-21H,16-19H2,1-3H3. The van der Waals surface area contributed by atoms with Crippen LogP contribution >= 0.6 is 11.3 Å². The van der Waals surface area contributed by atoms with Crippen LogP contribution in [0.4, 0.5) is 5.69 Å². The molecule has 1 aliphatic heterocycles. The highest BCUT2D eigenvalue weighted by Gasteiger charge is 2.28. The van der Waals surface area contributed by atoms with Gasteiger partial charge in [0.05, 0.1) is 30.5 Å². The monoisotopic (exact) mass is 549 g/mol. The Bertz CT molecular complexity index is 1550. The van der Waals surface area contributed by atoms with E-state index in [1.165, 1.54) is 11.3 Å². The summed E-state index contributed by atoms with van der Waals surface area (Å²) in [6, 6.07) is 22.5. The summed E-state index contributed by atoms with van der Waals surface area (Å²) in [5, 5.41) is 2.04. The number of hydrogen-bond acceptors (Lipinski definition) is 6. The zero-order valence-electron chi connectivity index (χ0n) is 21.7. The van der Waals surface area contributed by atoms with E-state index < -0.39 is 10.0 Å². The lowest BCUT2D eigenvalue weighted by molar-refractivity contribution is 0.288. The zero-order valence-corrected chi connectivity index (χ0v) is 23.3. The van der Waals surface area contributed by atoms with Gasteiger partial charge in [0.15, 0.2) is 4.80 Å². The molecule has 0 N–H and O–H groups in total. The predicted molar refractivity (Wildman–Crippen MR) is 151 cm³/mol. The number of thiazole rings is 1. The summed E-state index contributed by atoms with van der Waals surface area (Å²) in [6.07, 6.45) is 1.79. The number of aromatic nitrogens is 1. The maximum absolute atomic E-state index is 13.2. The van der Waals surface area contributed by atoms with Crippen LogP contribution in [0.15, 0.2) is 88.1 Å². The van der Waals surface area contributed by atoms with Gasteiger partial charge in [-0.3, -0.25) is 4.57 Å². The smallest absolute Gasteiger partial charge is 0.243 e. The first-order valence-electron chi connectivity index (χ1n) is 12.5. The average molecular weight is 550 g/mol. The molecule has 198 valence electrons. The second-order valence-electron chi connectivity index (χ2n) is 9.36. The largest absolute Gasteiger partial charge is 0.497 e. The van der Waals surface area contributed by atoms with Crippen molar-refractivity contribution in [2.75, 3.05) is 27.3 Å². The van der Waals surface area contributed by atoms with E-state index >= 15 is 0 Å². The van der Waals surface area contributed by atoms with E-state index in [2.05, 4.69) is 11.5 Å². The Morgan fingerprint density at radius 2 is 1.42 bits per heavy atom. The molecule has 0 spiro atoms. The third kappa shape index (κ3) is 5.41. The molecule has 0 atom stereocenters. The SMILES string of the molecule is COc1ccc(N=c2scc(-c3ccc(S(=O)(=O)N4CCC(C)CC4)cc3)n2-c2ccc(OC)cc2)cc1. The Morgan fingerprint density at radius 1 is 0.842 bits per heavy atom. The van der Waals surface area contributed by atoms with Crippen LogP contribution in [0.1, 0.15) is 19.8 Å². The molecule has 1 aromatic heterocycles. The first-order valence-corrected chi connectivity index (χ1v) is 14.9. The number of hydrogen-bond donors (Lipinski definition) is 0. The number of methoxy groups -OCH3 is 2. The lowest BCUT2D eigenvalue weighted by Crippen LogP contribution is -2.37. The molecule has 0 radical (unpaired) electrons. The van der Waals surface area contributed by atoms with Crippen LogP contribution in [0.2, 0.25) is 0 Å². The minimum Gasteiger partial charge on any atom is -0.497 e. The van der Waals surface area contributed by atoms with Gasteiger partial charge in [-0.25, -0.2) is 13.4 Å². The number of ether oxygens (including phenoxy) is 2. The Labute approximate surface area is 227 Å². The van der Waals surface area contributed by atoms with Gasteiger partial charge in [-0.2, -0.15) is 4.31 Å². The average Bonchev–Trinajstić information content (AvgIpc) is 3.37. The quantitative estimate of drug-likeness (QED) is 0.289. The second-order valence-corrected chi connectivity index (χ2v) is 12.1. The molecule has 0 bridgehead atoms. The molecule has 0 amide bonds. The summed E-state index contributed by atoms with van der Waals surface area (Å²) >= 11 is 1.52. The molecule has 5 rings (SSSR count). The van der Waals surface area contributed by atoms with Crippen molar-refractivity contribution in [3.63, 3.8) is 0 Å². The van der Waals surface area contributed by atoms with Crippen molar-refractivity contribution in [3.05, 3.63) is 83.0 Å². The minimum atomic E-state index is -3.51. The van der Waals surface area contributed by atoms with Crippen LogP contribution in [0.5, 0.6) is 11.5 Å². The van der Waals surface area contributed by atoms with Gasteiger partial charge in [0.2, 0.25) is 10.0 Å². The lowest BCUT2D eigenvalue weighted by atomic mass is 10.0. The molecule has 7 nitrogen and oxygen atoms in total. The van der Waals surface area contributed by atoms with Crippen LogP contribution in [0.3, 0.4) is 0 Å². The van der Waals surface area contributed by atoms with Gasteiger partial charge in [-0.15, -0.1) is 11.3 Å². The number of piperidine rings is 1. The fourth-order valence-corrected chi connectivity index (χ4v) is 6.91. The molecule has 0 unspecified atom stereocenters.